The molecule has 0 radical (unpaired) electrons. The summed E-state index contributed by atoms with van der Waals surface area (Å²) in [6.45, 7) is 4.01. The monoisotopic (exact) mass is 439 g/mol. The molecule has 4 rings (SSSR count). The highest BCUT2D eigenvalue weighted by Gasteiger charge is 2.29. The molecule has 0 spiro atoms. The van der Waals surface area contributed by atoms with E-state index in [0.29, 0.717) is 30.1 Å². The van der Waals surface area contributed by atoms with E-state index in [9.17, 15) is 13.6 Å². The number of carbonyl (C=O) groups excluding carboxylic acids is 1. The fraction of sp³-hybridized carbons (Fsp3) is 0.304. The number of aryl methyl sites for hydroxylation is 1. The summed E-state index contributed by atoms with van der Waals surface area (Å²) < 4.78 is 34.5. The van der Waals surface area contributed by atoms with Gasteiger partial charge in [0.15, 0.2) is 0 Å². The Balaban J connectivity index is 1.60. The maximum absolute atomic E-state index is 14.2. The summed E-state index contributed by atoms with van der Waals surface area (Å²) in [7, 11) is 1.57. The molecule has 9 heteroatoms. The number of carbonyl (C=O) groups is 1. The number of methoxy groups -OCH3 is 1. The van der Waals surface area contributed by atoms with E-state index in [1.807, 2.05) is 24.3 Å². The molecule has 3 aromatic rings. The first-order chi connectivity index (χ1) is 15.4. The molecule has 0 aliphatic carbocycles. The summed E-state index contributed by atoms with van der Waals surface area (Å²) >= 11 is 0. The highest BCUT2D eigenvalue weighted by atomic mass is 19.1. The van der Waals surface area contributed by atoms with E-state index in [4.69, 9.17) is 4.74 Å². The molecule has 7 nitrogen and oxygen atoms in total. The summed E-state index contributed by atoms with van der Waals surface area (Å²) in [5.74, 6) is -0.722. The second-order valence-corrected chi connectivity index (χ2v) is 7.63. The highest BCUT2D eigenvalue weighted by Crippen LogP contribution is 2.31. The molecule has 2 aromatic heterocycles. The molecule has 3 heterocycles. The van der Waals surface area contributed by atoms with E-state index in [1.165, 1.54) is 6.07 Å². The van der Waals surface area contributed by atoms with Crippen molar-refractivity contribution in [2.24, 2.45) is 0 Å². The summed E-state index contributed by atoms with van der Waals surface area (Å²) in [5, 5.41) is 4.31. The largest absolute Gasteiger partial charge is 0.494 e. The number of ether oxygens (including phenoxy) is 1. The molecule has 1 fully saturated rings. The van der Waals surface area contributed by atoms with E-state index in [2.05, 4.69) is 15.1 Å². The van der Waals surface area contributed by atoms with Crippen LogP contribution < -0.4 is 4.74 Å². The van der Waals surface area contributed by atoms with Gasteiger partial charge in [-0.05, 0) is 62.6 Å². The number of likely N-dealkylation sites (tertiary alicyclic amines) is 1. The van der Waals surface area contributed by atoms with Gasteiger partial charge in [-0.15, -0.1) is 0 Å². The summed E-state index contributed by atoms with van der Waals surface area (Å²) in [6.07, 6.45) is 4.78. The average Bonchev–Trinajstić information content (AvgIpc) is 3.20. The number of hydrogen-bond acceptors (Lipinski definition) is 5. The van der Waals surface area contributed by atoms with E-state index in [-0.39, 0.29) is 11.5 Å². The Bertz CT molecular complexity index is 1190. The van der Waals surface area contributed by atoms with Crippen LogP contribution >= 0.6 is 0 Å². The van der Waals surface area contributed by atoms with Crippen LogP contribution in [-0.4, -0.2) is 44.2 Å². The first-order valence-electron chi connectivity index (χ1n) is 10.3. The van der Waals surface area contributed by atoms with Gasteiger partial charge in [0.25, 0.3) is 0 Å². The van der Waals surface area contributed by atoms with Gasteiger partial charge < -0.3 is 9.64 Å². The zero-order valence-corrected chi connectivity index (χ0v) is 18.0. The van der Waals surface area contributed by atoms with Gasteiger partial charge in [0.2, 0.25) is 17.8 Å². The molecular weight excluding hydrogens is 416 g/mol. The first-order valence-corrected chi connectivity index (χ1v) is 10.3. The van der Waals surface area contributed by atoms with Crippen LogP contribution in [0, 0.1) is 18.8 Å². The fourth-order valence-corrected chi connectivity index (χ4v) is 3.87. The van der Waals surface area contributed by atoms with Crippen molar-refractivity contribution in [3.05, 3.63) is 71.1 Å². The van der Waals surface area contributed by atoms with Crippen LogP contribution in [0.1, 0.15) is 42.8 Å². The first kappa shape index (κ1) is 21.6. The van der Waals surface area contributed by atoms with Crippen LogP contribution in [0.5, 0.6) is 5.75 Å². The van der Waals surface area contributed by atoms with Gasteiger partial charge in [-0.2, -0.15) is 18.9 Å². The third kappa shape index (κ3) is 4.23. The Morgan fingerprint density at radius 3 is 2.72 bits per heavy atom. The Morgan fingerprint density at radius 2 is 2.03 bits per heavy atom. The number of amides is 1. The molecule has 32 heavy (non-hydrogen) atoms. The number of pyridine rings is 1. The van der Waals surface area contributed by atoms with Crippen LogP contribution in [0.4, 0.5) is 8.78 Å². The number of aromatic nitrogens is 4. The topological polar surface area (TPSA) is 73.1 Å². The van der Waals surface area contributed by atoms with Crippen LogP contribution in [0.3, 0.4) is 0 Å². The van der Waals surface area contributed by atoms with Crippen LogP contribution in [0.2, 0.25) is 0 Å². The third-order valence-corrected chi connectivity index (χ3v) is 5.54. The molecule has 1 atom stereocenters. The molecular formula is C23H23F2N5O2. The van der Waals surface area contributed by atoms with Crippen molar-refractivity contribution >= 4 is 12.0 Å². The highest BCUT2D eigenvalue weighted by molar-refractivity contribution is 5.98. The lowest BCUT2D eigenvalue weighted by molar-refractivity contribution is -0.130. The van der Waals surface area contributed by atoms with Crippen molar-refractivity contribution in [2.75, 3.05) is 13.7 Å². The van der Waals surface area contributed by atoms with Gasteiger partial charge in [-0.25, -0.2) is 9.67 Å². The zero-order chi connectivity index (χ0) is 22.8. The van der Waals surface area contributed by atoms with Crippen molar-refractivity contribution in [3.8, 4) is 11.4 Å². The van der Waals surface area contributed by atoms with Crippen LogP contribution in [-0.2, 0) is 4.79 Å². The molecule has 1 aliphatic rings. The maximum Gasteiger partial charge on any atom is 0.250 e. The van der Waals surface area contributed by atoms with Gasteiger partial charge in [0.1, 0.15) is 23.6 Å². The van der Waals surface area contributed by atoms with Gasteiger partial charge in [-0.1, -0.05) is 6.07 Å². The van der Waals surface area contributed by atoms with E-state index < -0.39 is 17.9 Å². The number of piperidine rings is 1. The molecule has 1 aliphatic heterocycles. The van der Waals surface area contributed by atoms with Crippen molar-refractivity contribution in [1.29, 1.82) is 0 Å². The Kier molecular flexibility index (Phi) is 5.98. The van der Waals surface area contributed by atoms with Crippen LogP contribution in [0.25, 0.3) is 11.8 Å². The second-order valence-electron chi connectivity index (χ2n) is 7.63. The number of hydrogen-bond donors (Lipinski definition) is 0. The minimum atomic E-state index is -0.898. The molecule has 166 valence electrons. The molecule has 1 amide bonds. The second kappa shape index (κ2) is 8.86. The standard InChI is InChI=1S/C23H23F2N5O2/c1-14(18-7-9-21(24)27-22(18)25)29-10-4-5-17(23(29)31)11-16-6-8-19(20(12-16)32-3)30-13-26-15(2)28-30/h6-9,11-14H,4-5,10H2,1-3H3/t14-/m0/s1. The van der Waals surface area contributed by atoms with E-state index in [1.54, 1.807) is 36.9 Å². The SMILES string of the molecule is COc1cc(C=C2CCCN([C@@H](C)c3ccc(F)nc3F)C2=O)ccc1-n1cnc(C)n1. The number of benzene rings is 1. The lowest BCUT2D eigenvalue weighted by Crippen LogP contribution is -2.39. The Hall–Kier alpha value is -3.62. The molecule has 0 bridgehead atoms. The summed E-state index contributed by atoms with van der Waals surface area (Å²) in [4.78, 5) is 22.1. The molecule has 1 aromatic carbocycles. The number of halogens is 2. The lowest BCUT2D eigenvalue weighted by atomic mass is 9.97. The van der Waals surface area contributed by atoms with E-state index in [0.717, 1.165) is 23.7 Å². The fourth-order valence-electron chi connectivity index (χ4n) is 3.87. The average molecular weight is 439 g/mol. The Labute approximate surface area is 184 Å². The number of nitrogens with zero attached hydrogens (tertiary/aromatic N) is 5. The molecule has 0 saturated carbocycles. The molecule has 0 unspecified atom stereocenters. The van der Waals surface area contributed by atoms with Crippen molar-refractivity contribution in [1.82, 2.24) is 24.6 Å². The number of rotatable bonds is 5. The lowest BCUT2D eigenvalue weighted by Gasteiger charge is -2.34. The van der Waals surface area contributed by atoms with E-state index >= 15 is 0 Å². The van der Waals surface area contributed by atoms with Crippen molar-refractivity contribution in [3.63, 3.8) is 0 Å². The maximum atomic E-state index is 14.2. The molecule has 0 N–H and O–H groups in total. The minimum absolute atomic E-state index is 0.178. The normalized spacial score (nSPS) is 16.5. The zero-order valence-electron chi connectivity index (χ0n) is 18.0. The smallest absolute Gasteiger partial charge is 0.250 e. The predicted molar refractivity (Wildman–Crippen MR) is 114 cm³/mol. The third-order valence-electron chi connectivity index (χ3n) is 5.54. The van der Waals surface area contributed by atoms with Gasteiger partial charge in [0.05, 0.1) is 13.2 Å². The quantitative estimate of drug-likeness (QED) is 0.443. The predicted octanol–water partition coefficient (Wildman–Crippen LogP) is 4.02. The molecule has 1 saturated heterocycles. The van der Waals surface area contributed by atoms with Gasteiger partial charge >= 0.3 is 0 Å². The Morgan fingerprint density at radius 1 is 1.22 bits per heavy atom. The van der Waals surface area contributed by atoms with Crippen molar-refractivity contribution in [2.45, 2.75) is 32.7 Å². The van der Waals surface area contributed by atoms with Gasteiger partial charge in [-0.3, -0.25) is 4.79 Å². The summed E-state index contributed by atoms with van der Waals surface area (Å²) in [6, 6.07) is 7.44. The van der Waals surface area contributed by atoms with Crippen molar-refractivity contribution < 1.29 is 18.3 Å². The van der Waals surface area contributed by atoms with Gasteiger partial charge in [0, 0.05) is 17.7 Å². The summed E-state index contributed by atoms with van der Waals surface area (Å²) in [5.41, 5.74) is 2.34. The van der Waals surface area contributed by atoms with Crippen LogP contribution in [0.15, 0.2) is 42.2 Å². The minimum Gasteiger partial charge on any atom is -0.494 e.